The van der Waals surface area contributed by atoms with Gasteiger partial charge >= 0.3 is 0 Å². The first-order valence-corrected chi connectivity index (χ1v) is 8.43. The molecule has 5 heteroatoms. The Morgan fingerprint density at radius 1 is 1.36 bits per heavy atom. The number of fused-ring (bicyclic) bond motifs is 1. The van der Waals surface area contributed by atoms with Crippen molar-refractivity contribution in [1.82, 2.24) is 5.43 Å². The Bertz CT molecular complexity index is 797. The average molecular weight is 338 g/mol. The van der Waals surface area contributed by atoms with E-state index in [1.807, 2.05) is 45.0 Å². The molecule has 5 nitrogen and oxygen atoms in total. The molecule has 0 spiro atoms. The van der Waals surface area contributed by atoms with Crippen molar-refractivity contribution in [2.75, 3.05) is 6.61 Å². The Balaban J connectivity index is 1.75. The van der Waals surface area contributed by atoms with Gasteiger partial charge in [-0.1, -0.05) is 17.7 Å². The zero-order valence-electron chi connectivity index (χ0n) is 14.7. The summed E-state index contributed by atoms with van der Waals surface area (Å²) >= 11 is 0. The first kappa shape index (κ1) is 17.0. The molecule has 0 unspecified atom stereocenters. The van der Waals surface area contributed by atoms with E-state index < -0.39 is 0 Å². The van der Waals surface area contributed by atoms with E-state index in [-0.39, 0.29) is 12.0 Å². The molecule has 0 saturated carbocycles. The monoisotopic (exact) mass is 338 g/mol. The number of nitrogens with zero attached hydrogens (tertiary/aromatic N) is 1. The fourth-order valence-electron chi connectivity index (χ4n) is 2.77. The maximum atomic E-state index is 12.1. The van der Waals surface area contributed by atoms with Crippen LogP contribution >= 0.6 is 0 Å². The number of hydrogen-bond donors (Lipinski definition) is 1. The van der Waals surface area contributed by atoms with Gasteiger partial charge in [0.1, 0.15) is 17.6 Å². The Labute approximate surface area is 147 Å². The van der Waals surface area contributed by atoms with Gasteiger partial charge in [-0.3, -0.25) is 4.79 Å². The zero-order valence-corrected chi connectivity index (χ0v) is 14.7. The van der Waals surface area contributed by atoms with Gasteiger partial charge in [0.05, 0.1) is 12.8 Å². The molecule has 3 rings (SSSR count). The maximum Gasteiger partial charge on any atom is 0.271 e. The quantitative estimate of drug-likeness (QED) is 0.671. The molecule has 0 fully saturated rings. The van der Waals surface area contributed by atoms with Crippen molar-refractivity contribution < 1.29 is 14.3 Å². The maximum absolute atomic E-state index is 12.1. The molecule has 1 aliphatic rings. The van der Waals surface area contributed by atoms with Gasteiger partial charge in [-0.25, -0.2) is 5.43 Å². The number of carbonyl (C=O) groups is 1. The molecule has 0 saturated heterocycles. The van der Waals surface area contributed by atoms with E-state index in [0.717, 1.165) is 34.6 Å². The van der Waals surface area contributed by atoms with Gasteiger partial charge in [-0.05, 0) is 45.0 Å². The smallest absolute Gasteiger partial charge is 0.271 e. The molecule has 25 heavy (non-hydrogen) atoms. The van der Waals surface area contributed by atoms with Crippen LogP contribution in [0.2, 0.25) is 0 Å². The molecule has 1 heterocycles. The normalized spacial score (nSPS) is 15.7. The molecule has 1 atom stereocenters. The highest BCUT2D eigenvalue weighted by Gasteiger charge is 2.21. The van der Waals surface area contributed by atoms with E-state index in [2.05, 4.69) is 10.5 Å². The minimum atomic E-state index is -0.250. The lowest BCUT2D eigenvalue weighted by atomic mass is 10.1. The number of rotatable bonds is 5. The third-order valence-electron chi connectivity index (χ3n) is 4.01. The predicted molar refractivity (Wildman–Crippen MR) is 97.6 cm³/mol. The highest BCUT2D eigenvalue weighted by atomic mass is 16.5. The molecule has 2 aromatic carbocycles. The van der Waals surface area contributed by atoms with Gasteiger partial charge in [-0.15, -0.1) is 0 Å². The lowest BCUT2D eigenvalue weighted by Gasteiger charge is -2.09. The van der Waals surface area contributed by atoms with Crippen LogP contribution in [0.4, 0.5) is 0 Å². The summed E-state index contributed by atoms with van der Waals surface area (Å²) in [7, 11) is 0. The second-order valence-corrected chi connectivity index (χ2v) is 6.13. The lowest BCUT2D eigenvalue weighted by molar-refractivity contribution is 0.0955. The topological polar surface area (TPSA) is 59.9 Å². The Hall–Kier alpha value is -2.82. The number of ether oxygens (including phenoxy) is 2. The van der Waals surface area contributed by atoms with Crippen molar-refractivity contribution in [3.05, 3.63) is 58.7 Å². The van der Waals surface area contributed by atoms with E-state index in [0.29, 0.717) is 12.2 Å². The molecule has 0 bridgehead atoms. The summed E-state index contributed by atoms with van der Waals surface area (Å²) in [6.45, 7) is 6.51. The van der Waals surface area contributed by atoms with E-state index >= 15 is 0 Å². The first-order valence-electron chi connectivity index (χ1n) is 8.43. The highest BCUT2D eigenvalue weighted by molar-refractivity contribution is 5.95. The predicted octanol–water partition coefficient (Wildman–Crippen LogP) is 3.48. The SMILES string of the molecule is CCOc1cc2c(cc1/C=N\NC(=O)c1ccc(C)cc1)O[C@H](C)C2. The van der Waals surface area contributed by atoms with Crippen LogP contribution in [0.25, 0.3) is 0 Å². The highest BCUT2D eigenvalue weighted by Crippen LogP contribution is 2.34. The standard InChI is InChI=1S/C20H22N2O3/c1-4-24-18-10-16-9-14(3)25-19(16)11-17(18)12-21-22-20(23)15-7-5-13(2)6-8-15/h5-8,10-12,14H,4,9H2,1-3H3,(H,22,23)/b21-12-/t14-/m1/s1. The second-order valence-electron chi connectivity index (χ2n) is 6.13. The number of hydrogen-bond acceptors (Lipinski definition) is 4. The van der Waals surface area contributed by atoms with Crippen molar-refractivity contribution >= 4 is 12.1 Å². The minimum Gasteiger partial charge on any atom is -0.493 e. The van der Waals surface area contributed by atoms with E-state index in [1.165, 1.54) is 0 Å². The van der Waals surface area contributed by atoms with Crippen LogP contribution in [0, 0.1) is 6.92 Å². The Kier molecular flexibility index (Phi) is 5.03. The molecule has 1 amide bonds. The number of aryl methyl sites for hydroxylation is 1. The summed E-state index contributed by atoms with van der Waals surface area (Å²) < 4.78 is 11.5. The third-order valence-corrected chi connectivity index (χ3v) is 4.01. The van der Waals surface area contributed by atoms with E-state index in [9.17, 15) is 4.79 Å². The van der Waals surface area contributed by atoms with Crippen LogP contribution in [0.3, 0.4) is 0 Å². The summed E-state index contributed by atoms with van der Waals surface area (Å²) in [5.41, 5.74) is 6.13. The largest absolute Gasteiger partial charge is 0.493 e. The molecule has 130 valence electrons. The molecule has 0 aromatic heterocycles. The van der Waals surface area contributed by atoms with Crippen LogP contribution in [-0.2, 0) is 6.42 Å². The molecule has 1 N–H and O–H groups in total. The summed E-state index contributed by atoms with van der Waals surface area (Å²) in [5, 5.41) is 4.07. The molecule has 2 aromatic rings. The molecule has 0 radical (unpaired) electrons. The van der Waals surface area contributed by atoms with Crippen molar-refractivity contribution in [3.63, 3.8) is 0 Å². The lowest BCUT2D eigenvalue weighted by Crippen LogP contribution is -2.17. The molecular formula is C20H22N2O3. The zero-order chi connectivity index (χ0) is 17.8. The van der Waals surface area contributed by atoms with Crippen molar-refractivity contribution in [3.8, 4) is 11.5 Å². The van der Waals surface area contributed by atoms with E-state index in [4.69, 9.17) is 9.47 Å². The summed E-state index contributed by atoms with van der Waals surface area (Å²) in [6.07, 6.45) is 2.62. The number of nitrogens with one attached hydrogen (secondary N) is 1. The summed E-state index contributed by atoms with van der Waals surface area (Å²) in [6, 6.07) is 11.2. The van der Waals surface area contributed by atoms with Crippen molar-refractivity contribution in [1.29, 1.82) is 0 Å². The van der Waals surface area contributed by atoms with Crippen molar-refractivity contribution in [2.45, 2.75) is 33.3 Å². The minimum absolute atomic E-state index is 0.165. The van der Waals surface area contributed by atoms with Gasteiger partial charge in [0.25, 0.3) is 5.91 Å². The van der Waals surface area contributed by atoms with Crippen molar-refractivity contribution in [2.24, 2.45) is 5.10 Å². The van der Waals surface area contributed by atoms with Crippen LogP contribution in [0.1, 0.15) is 40.9 Å². The van der Waals surface area contributed by atoms with E-state index in [1.54, 1.807) is 18.3 Å². The molecular weight excluding hydrogens is 316 g/mol. The van der Waals surface area contributed by atoms with Crippen LogP contribution in [-0.4, -0.2) is 24.8 Å². The Morgan fingerprint density at radius 2 is 2.12 bits per heavy atom. The second kappa shape index (κ2) is 7.38. The Morgan fingerprint density at radius 3 is 2.84 bits per heavy atom. The number of carbonyl (C=O) groups excluding carboxylic acids is 1. The first-order chi connectivity index (χ1) is 12.1. The van der Waals surface area contributed by atoms with Gasteiger partial charge in [-0.2, -0.15) is 5.10 Å². The van der Waals surface area contributed by atoms with Crippen LogP contribution in [0.5, 0.6) is 11.5 Å². The van der Waals surface area contributed by atoms with Gasteiger partial charge in [0, 0.05) is 23.1 Å². The fraction of sp³-hybridized carbons (Fsp3) is 0.300. The number of benzene rings is 2. The van der Waals surface area contributed by atoms with Crippen LogP contribution in [0.15, 0.2) is 41.5 Å². The van der Waals surface area contributed by atoms with Gasteiger partial charge in [0.15, 0.2) is 0 Å². The number of hydrazone groups is 1. The van der Waals surface area contributed by atoms with Crippen LogP contribution < -0.4 is 14.9 Å². The third kappa shape index (κ3) is 3.99. The summed E-state index contributed by atoms with van der Waals surface area (Å²) in [4.78, 5) is 12.1. The van der Waals surface area contributed by atoms with Gasteiger partial charge < -0.3 is 9.47 Å². The number of amides is 1. The fourth-order valence-corrected chi connectivity index (χ4v) is 2.77. The molecule has 0 aliphatic carbocycles. The van der Waals surface area contributed by atoms with Gasteiger partial charge in [0.2, 0.25) is 0 Å². The average Bonchev–Trinajstić information content (AvgIpc) is 2.94. The molecule has 1 aliphatic heterocycles. The summed E-state index contributed by atoms with van der Waals surface area (Å²) in [5.74, 6) is 1.34.